The number of hydrogen-bond acceptors (Lipinski definition) is 2. The van der Waals surface area contributed by atoms with Crippen LogP contribution in [0.25, 0.3) is 0 Å². The average Bonchev–Trinajstić information content (AvgIpc) is 2.18. The SMILES string of the molecule is C=CC1=CCC(C(C)C)=NN1/C=C\C. The Morgan fingerprint density at radius 2 is 2.29 bits per heavy atom. The summed E-state index contributed by atoms with van der Waals surface area (Å²) in [7, 11) is 0. The number of hydrazone groups is 1. The van der Waals surface area contributed by atoms with Crippen LogP contribution in [0.15, 0.2) is 41.8 Å². The van der Waals surface area contributed by atoms with Gasteiger partial charge >= 0.3 is 0 Å². The van der Waals surface area contributed by atoms with E-state index in [0.29, 0.717) is 5.92 Å². The van der Waals surface area contributed by atoms with Gasteiger partial charge in [-0.2, -0.15) is 5.10 Å². The molecule has 1 aliphatic heterocycles. The lowest BCUT2D eigenvalue weighted by molar-refractivity contribution is 0.495. The zero-order chi connectivity index (χ0) is 10.6. The van der Waals surface area contributed by atoms with Gasteiger partial charge in [0.15, 0.2) is 0 Å². The summed E-state index contributed by atoms with van der Waals surface area (Å²) in [5.74, 6) is 0.505. The summed E-state index contributed by atoms with van der Waals surface area (Å²) >= 11 is 0. The molecule has 2 nitrogen and oxygen atoms in total. The van der Waals surface area contributed by atoms with Gasteiger partial charge in [0.1, 0.15) is 0 Å². The summed E-state index contributed by atoms with van der Waals surface area (Å²) in [5.41, 5.74) is 2.28. The molecule has 0 saturated heterocycles. The first-order valence-electron chi connectivity index (χ1n) is 5.01. The number of rotatable bonds is 3. The Bertz CT molecular complexity index is 295. The van der Waals surface area contributed by atoms with Crippen molar-refractivity contribution in [3.05, 3.63) is 36.7 Å². The molecular formula is C12H18N2. The highest BCUT2D eigenvalue weighted by molar-refractivity contribution is 5.88. The van der Waals surface area contributed by atoms with Crippen molar-refractivity contribution < 1.29 is 0 Å². The first kappa shape index (κ1) is 10.8. The van der Waals surface area contributed by atoms with Crippen molar-refractivity contribution in [2.45, 2.75) is 27.2 Å². The first-order chi connectivity index (χ1) is 6.69. The molecule has 0 aromatic carbocycles. The number of hydrogen-bond donors (Lipinski definition) is 0. The van der Waals surface area contributed by atoms with E-state index in [1.807, 2.05) is 30.3 Å². The quantitative estimate of drug-likeness (QED) is 0.666. The van der Waals surface area contributed by atoms with Crippen LogP contribution in [0.3, 0.4) is 0 Å². The van der Waals surface area contributed by atoms with Crippen molar-refractivity contribution in [2.75, 3.05) is 0 Å². The first-order valence-corrected chi connectivity index (χ1v) is 5.01. The normalized spacial score (nSPS) is 17.3. The van der Waals surface area contributed by atoms with E-state index < -0.39 is 0 Å². The number of allylic oxidation sites excluding steroid dienone is 3. The molecule has 0 N–H and O–H groups in total. The van der Waals surface area contributed by atoms with E-state index in [9.17, 15) is 0 Å². The van der Waals surface area contributed by atoms with Crippen molar-refractivity contribution in [1.29, 1.82) is 0 Å². The van der Waals surface area contributed by atoms with Crippen LogP contribution < -0.4 is 0 Å². The molecular weight excluding hydrogens is 172 g/mol. The topological polar surface area (TPSA) is 15.6 Å². The molecule has 1 heterocycles. The van der Waals surface area contributed by atoms with E-state index in [0.717, 1.165) is 12.1 Å². The largest absolute Gasteiger partial charge is 0.242 e. The highest BCUT2D eigenvalue weighted by Crippen LogP contribution is 2.18. The van der Waals surface area contributed by atoms with Gasteiger partial charge < -0.3 is 0 Å². The maximum Gasteiger partial charge on any atom is 0.0603 e. The predicted molar refractivity (Wildman–Crippen MR) is 61.8 cm³/mol. The fourth-order valence-corrected chi connectivity index (χ4v) is 1.33. The van der Waals surface area contributed by atoms with Gasteiger partial charge in [0.2, 0.25) is 0 Å². The average molecular weight is 190 g/mol. The highest BCUT2D eigenvalue weighted by atomic mass is 15.5. The van der Waals surface area contributed by atoms with Crippen LogP contribution in [0.1, 0.15) is 27.2 Å². The highest BCUT2D eigenvalue weighted by Gasteiger charge is 2.13. The fraction of sp³-hybridized carbons (Fsp3) is 0.417. The van der Waals surface area contributed by atoms with E-state index >= 15 is 0 Å². The molecule has 1 aliphatic rings. The molecule has 0 saturated carbocycles. The Hall–Kier alpha value is -1.31. The van der Waals surface area contributed by atoms with Gasteiger partial charge in [-0.25, -0.2) is 5.01 Å². The Balaban J connectivity index is 2.88. The molecule has 0 aromatic heterocycles. The minimum absolute atomic E-state index is 0.505. The van der Waals surface area contributed by atoms with Gasteiger partial charge in [-0.05, 0) is 18.9 Å². The second kappa shape index (κ2) is 4.80. The zero-order valence-corrected chi connectivity index (χ0v) is 9.20. The van der Waals surface area contributed by atoms with Crippen molar-refractivity contribution in [3.63, 3.8) is 0 Å². The molecule has 0 unspecified atom stereocenters. The summed E-state index contributed by atoms with van der Waals surface area (Å²) in [6, 6.07) is 0. The van der Waals surface area contributed by atoms with Gasteiger partial charge in [0.25, 0.3) is 0 Å². The van der Waals surface area contributed by atoms with Gasteiger partial charge in [0, 0.05) is 18.3 Å². The standard InChI is InChI=1S/C12H18N2/c1-5-9-14-11(6-2)7-8-12(13-14)10(3)4/h5-7,9-10H,2,8H2,1,3-4H3/b9-5-. The Morgan fingerprint density at radius 3 is 2.79 bits per heavy atom. The third-order valence-electron chi connectivity index (χ3n) is 2.19. The minimum atomic E-state index is 0.505. The van der Waals surface area contributed by atoms with Crippen LogP contribution in [0.4, 0.5) is 0 Å². The lowest BCUT2D eigenvalue weighted by Gasteiger charge is -2.23. The summed E-state index contributed by atoms with van der Waals surface area (Å²) in [6.07, 6.45) is 8.86. The van der Waals surface area contributed by atoms with Crippen LogP contribution in [-0.2, 0) is 0 Å². The molecule has 0 atom stereocenters. The molecule has 0 spiro atoms. The summed E-state index contributed by atoms with van der Waals surface area (Å²) in [5, 5.41) is 6.43. The van der Waals surface area contributed by atoms with Crippen LogP contribution in [0.5, 0.6) is 0 Å². The molecule has 1 rings (SSSR count). The molecule has 76 valence electrons. The maximum atomic E-state index is 4.55. The Labute approximate surface area is 86.3 Å². The lowest BCUT2D eigenvalue weighted by atomic mass is 10.0. The predicted octanol–water partition coefficient (Wildman–Crippen LogP) is 3.31. The number of nitrogens with zero attached hydrogens (tertiary/aromatic N) is 2. The van der Waals surface area contributed by atoms with Gasteiger partial charge in [-0.1, -0.05) is 32.6 Å². The van der Waals surface area contributed by atoms with Gasteiger partial charge in [-0.3, -0.25) is 0 Å². The summed E-state index contributed by atoms with van der Waals surface area (Å²) in [4.78, 5) is 0. The van der Waals surface area contributed by atoms with Crippen LogP contribution in [-0.4, -0.2) is 10.7 Å². The van der Waals surface area contributed by atoms with Crippen LogP contribution >= 0.6 is 0 Å². The van der Waals surface area contributed by atoms with E-state index in [2.05, 4.69) is 31.6 Å². The molecule has 0 amide bonds. The monoisotopic (exact) mass is 190 g/mol. The Kier molecular flexibility index (Phi) is 3.69. The molecule has 14 heavy (non-hydrogen) atoms. The van der Waals surface area contributed by atoms with Gasteiger partial charge in [-0.15, -0.1) is 0 Å². The van der Waals surface area contributed by atoms with Crippen molar-refractivity contribution in [2.24, 2.45) is 11.0 Å². The molecule has 0 bridgehead atoms. The third-order valence-corrected chi connectivity index (χ3v) is 2.19. The lowest BCUT2D eigenvalue weighted by Crippen LogP contribution is -2.20. The third kappa shape index (κ3) is 2.34. The smallest absolute Gasteiger partial charge is 0.0603 e. The second-order valence-corrected chi connectivity index (χ2v) is 3.61. The van der Waals surface area contributed by atoms with Crippen molar-refractivity contribution >= 4 is 5.71 Å². The molecule has 2 heteroatoms. The van der Waals surface area contributed by atoms with E-state index in [1.54, 1.807) is 0 Å². The molecule has 0 fully saturated rings. The van der Waals surface area contributed by atoms with Crippen molar-refractivity contribution in [3.8, 4) is 0 Å². The van der Waals surface area contributed by atoms with Crippen LogP contribution in [0, 0.1) is 5.92 Å². The molecule has 0 aromatic rings. The molecule has 0 aliphatic carbocycles. The fourth-order valence-electron chi connectivity index (χ4n) is 1.33. The van der Waals surface area contributed by atoms with E-state index in [-0.39, 0.29) is 0 Å². The minimum Gasteiger partial charge on any atom is -0.242 e. The van der Waals surface area contributed by atoms with E-state index in [4.69, 9.17) is 0 Å². The zero-order valence-electron chi connectivity index (χ0n) is 9.20. The summed E-state index contributed by atoms with van der Waals surface area (Å²) in [6.45, 7) is 10.1. The molecule has 0 radical (unpaired) electrons. The van der Waals surface area contributed by atoms with E-state index in [1.165, 1.54) is 5.71 Å². The second-order valence-electron chi connectivity index (χ2n) is 3.61. The van der Waals surface area contributed by atoms with Crippen molar-refractivity contribution in [1.82, 2.24) is 5.01 Å². The Morgan fingerprint density at radius 1 is 1.57 bits per heavy atom. The van der Waals surface area contributed by atoms with Crippen LogP contribution in [0.2, 0.25) is 0 Å². The van der Waals surface area contributed by atoms with Gasteiger partial charge in [0.05, 0.1) is 5.70 Å². The maximum absolute atomic E-state index is 4.55. The summed E-state index contributed by atoms with van der Waals surface area (Å²) < 4.78 is 0.